The Hall–Kier alpha value is -4.30. The maximum absolute atomic E-state index is 12.6. The molecule has 4 rings (SSSR count). The Labute approximate surface area is 218 Å². The van der Waals surface area contributed by atoms with E-state index in [9.17, 15) is 36.0 Å². The highest BCUT2D eigenvalue weighted by Crippen LogP contribution is 2.27. The summed E-state index contributed by atoms with van der Waals surface area (Å²) in [5.74, 6) is -1.56. The fourth-order valence-corrected chi connectivity index (χ4v) is 4.95. The summed E-state index contributed by atoms with van der Waals surface area (Å²) in [5.41, 5.74) is 1.33. The summed E-state index contributed by atoms with van der Waals surface area (Å²) < 4.78 is 68.0. The van der Waals surface area contributed by atoms with Crippen LogP contribution in [0.5, 0.6) is 5.75 Å². The highest BCUT2D eigenvalue weighted by atomic mass is 32.2. The minimum absolute atomic E-state index is 0.118. The van der Waals surface area contributed by atoms with Crippen molar-refractivity contribution in [2.45, 2.75) is 11.3 Å². The van der Waals surface area contributed by atoms with Gasteiger partial charge in [0, 0.05) is 16.9 Å². The van der Waals surface area contributed by atoms with Crippen molar-refractivity contribution in [2.75, 3.05) is 10.0 Å². The van der Waals surface area contributed by atoms with E-state index in [2.05, 4.69) is 20.1 Å². The number of halogens is 3. The van der Waals surface area contributed by atoms with Crippen molar-refractivity contribution >= 4 is 56.3 Å². The van der Waals surface area contributed by atoms with Crippen LogP contribution in [-0.4, -0.2) is 31.8 Å². The number of carbonyl (C=O) groups is 3. The molecule has 14 heteroatoms. The van der Waals surface area contributed by atoms with E-state index < -0.39 is 39.2 Å². The molecule has 9 nitrogen and oxygen atoms in total. The van der Waals surface area contributed by atoms with E-state index in [1.54, 1.807) is 24.3 Å². The third-order valence-corrected chi connectivity index (χ3v) is 7.06. The Morgan fingerprint density at radius 3 is 2.24 bits per heavy atom. The summed E-state index contributed by atoms with van der Waals surface area (Å²) in [7, 11) is -4.12. The molecule has 3 N–H and O–H groups in total. The number of imide groups is 1. The molecule has 0 aromatic heterocycles. The predicted molar refractivity (Wildman–Crippen MR) is 134 cm³/mol. The first-order valence-corrected chi connectivity index (χ1v) is 12.8. The van der Waals surface area contributed by atoms with Crippen LogP contribution in [0.2, 0.25) is 0 Å². The van der Waals surface area contributed by atoms with E-state index in [1.165, 1.54) is 30.3 Å². The molecule has 1 aliphatic heterocycles. The molecule has 1 fully saturated rings. The SMILES string of the molecule is O=C1NC(=O)/C(=C\c2cccc(NC(=O)c3ccc(NS(=O)(=O)c4ccc(OC(F)(F)F)cc4)cc3)c2)S1. The van der Waals surface area contributed by atoms with Crippen LogP contribution in [0.15, 0.2) is 82.6 Å². The van der Waals surface area contributed by atoms with Crippen molar-refractivity contribution in [3.05, 3.63) is 88.8 Å². The molecule has 3 aromatic rings. The monoisotopic (exact) mass is 563 g/mol. The van der Waals surface area contributed by atoms with Crippen LogP contribution < -0.4 is 20.1 Å². The van der Waals surface area contributed by atoms with Gasteiger partial charge >= 0.3 is 6.36 Å². The number of anilines is 2. The lowest BCUT2D eigenvalue weighted by atomic mass is 10.1. The number of ether oxygens (including phenoxy) is 1. The second-order valence-electron chi connectivity index (χ2n) is 7.63. The van der Waals surface area contributed by atoms with Crippen LogP contribution in [0.3, 0.4) is 0 Å². The first-order valence-electron chi connectivity index (χ1n) is 10.5. The number of rotatable bonds is 7. The van der Waals surface area contributed by atoms with Gasteiger partial charge in [-0.3, -0.25) is 24.4 Å². The molecule has 0 atom stereocenters. The number of carbonyl (C=O) groups excluding carboxylic acids is 3. The average molecular weight is 564 g/mol. The maximum Gasteiger partial charge on any atom is 0.573 e. The Balaban J connectivity index is 1.40. The molecule has 0 spiro atoms. The lowest BCUT2D eigenvalue weighted by Crippen LogP contribution is -2.17. The molecule has 0 saturated carbocycles. The van der Waals surface area contributed by atoms with Crippen LogP contribution >= 0.6 is 11.8 Å². The van der Waals surface area contributed by atoms with Gasteiger partial charge in [0.25, 0.3) is 27.1 Å². The Bertz CT molecular complexity index is 1540. The number of benzene rings is 3. The number of hydrogen-bond acceptors (Lipinski definition) is 7. The molecule has 0 unspecified atom stereocenters. The molecule has 196 valence electrons. The van der Waals surface area contributed by atoms with Crippen molar-refractivity contribution < 1.29 is 40.7 Å². The lowest BCUT2D eigenvalue weighted by Gasteiger charge is -2.11. The molecular formula is C24H16F3N3O6S2. The van der Waals surface area contributed by atoms with Gasteiger partial charge in [0.1, 0.15) is 5.75 Å². The Kier molecular flexibility index (Phi) is 7.46. The summed E-state index contributed by atoms with van der Waals surface area (Å²) >= 11 is 0.770. The van der Waals surface area contributed by atoms with E-state index in [0.29, 0.717) is 11.3 Å². The molecule has 1 heterocycles. The second-order valence-corrected chi connectivity index (χ2v) is 10.3. The summed E-state index contributed by atoms with van der Waals surface area (Å²) in [4.78, 5) is 35.6. The zero-order chi connectivity index (χ0) is 27.5. The Morgan fingerprint density at radius 1 is 0.947 bits per heavy atom. The molecule has 0 aliphatic carbocycles. The second kappa shape index (κ2) is 10.6. The summed E-state index contributed by atoms with van der Waals surface area (Å²) in [5, 5.41) is 4.37. The van der Waals surface area contributed by atoms with Crippen molar-refractivity contribution in [1.29, 1.82) is 0 Å². The quantitative estimate of drug-likeness (QED) is 0.346. The van der Waals surface area contributed by atoms with Crippen LogP contribution in [0.1, 0.15) is 15.9 Å². The van der Waals surface area contributed by atoms with Gasteiger partial charge in [0.2, 0.25) is 0 Å². The van der Waals surface area contributed by atoms with Gasteiger partial charge in [0.05, 0.1) is 9.80 Å². The van der Waals surface area contributed by atoms with Gasteiger partial charge in [-0.2, -0.15) is 0 Å². The van der Waals surface area contributed by atoms with Crippen molar-refractivity contribution in [1.82, 2.24) is 5.32 Å². The molecular weight excluding hydrogens is 547 g/mol. The van der Waals surface area contributed by atoms with E-state index >= 15 is 0 Å². The van der Waals surface area contributed by atoms with Gasteiger partial charge < -0.3 is 10.1 Å². The fraction of sp³-hybridized carbons (Fsp3) is 0.0417. The standard InChI is InChI=1S/C24H16F3N3O6S2/c25-24(26,27)36-18-8-10-19(11-9-18)38(34,35)30-16-6-4-15(5-7-16)21(31)28-17-3-1-2-14(12-17)13-20-22(32)29-23(33)37-20/h1-13,30H,(H,28,31)(H,29,32,33)/b20-13+. The summed E-state index contributed by atoms with van der Waals surface area (Å²) in [6.07, 6.45) is -3.39. The normalized spacial score (nSPS) is 14.8. The van der Waals surface area contributed by atoms with Crippen LogP contribution in [0.4, 0.5) is 29.3 Å². The topological polar surface area (TPSA) is 131 Å². The van der Waals surface area contributed by atoms with Crippen LogP contribution in [0, 0.1) is 0 Å². The smallest absolute Gasteiger partial charge is 0.406 e. The highest BCUT2D eigenvalue weighted by Gasteiger charge is 2.31. The number of sulfonamides is 1. The van der Waals surface area contributed by atoms with Crippen molar-refractivity contribution in [2.24, 2.45) is 0 Å². The third-order valence-electron chi connectivity index (χ3n) is 4.85. The number of thioether (sulfide) groups is 1. The van der Waals surface area contributed by atoms with Gasteiger partial charge in [-0.25, -0.2) is 8.42 Å². The van der Waals surface area contributed by atoms with Gasteiger partial charge in [-0.15, -0.1) is 13.2 Å². The number of alkyl halides is 3. The van der Waals surface area contributed by atoms with Gasteiger partial charge in [-0.1, -0.05) is 12.1 Å². The molecule has 3 amide bonds. The van der Waals surface area contributed by atoms with E-state index in [4.69, 9.17) is 0 Å². The van der Waals surface area contributed by atoms with E-state index in [-0.39, 0.29) is 21.1 Å². The molecule has 0 radical (unpaired) electrons. The highest BCUT2D eigenvalue weighted by molar-refractivity contribution is 8.18. The third kappa shape index (κ3) is 6.92. The predicted octanol–water partition coefficient (Wildman–Crippen LogP) is 4.96. The van der Waals surface area contributed by atoms with E-state index in [0.717, 1.165) is 36.0 Å². The van der Waals surface area contributed by atoms with E-state index in [1.807, 2.05) is 0 Å². The van der Waals surface area contributed by atoms with Crippen molar-refractivity contribution in [3.8, 4) is 5.75 Å². The zero-order valence-corrected chi connectivity index (χ0v) is 20.5. The number of hydrogen-bond donors (Lipinski definition) is 3. The largest absolute Gasteiger partial charge is 0.573 e. The maximum atomic E-state index is 12.6. The average Bonchev–Trinajstić information content (AvgIpc) is 3.15. The minimum atomic E-state index is -4.90. The zero-order valence-electron chi connectivity index (χ0n) is 18.9. The van der Waals surface area contributed by atoms with Crippen LogP contribution in [0.25, 0.3) is 6.08 Å². The molecule has 1 saturated heterocycles. The van der Waals surface area contributed by atoms with Gasteiger partial charge in [-0.05, 0) is 84.1 Å². The molecule has 0 bridgehead atoms. The molecule has 3 aromatic carbocycles. The first-order chi connectivity index (χ1) is 17.9. The minimum Gasteiger partial charge on any atom is -0.406 e. The number of nitrogens with one attached hydrogen (secondary N) is 3. The fourth-order valence-electron chi connectivity index (χ4n) is 3.21. The summed E-state index contributed by atoms with van der Waals surface area (Å²) in [6.45, 7) is 0. The van der Waals surface area contributed by atoms with Gasteiger partial charge in [0.15, 0.2) is 0 Å². The molecule has 1 aliphatic rings. The molecule has 38 heavy (non-hydrogen) atoms. The van der Waals surface area contributed by atoms with Crippen molar-refractivity contribution in [3.63, 3.8) is 0 Å². The Morgan fingerprint density at radius 2 is 1.63 bits per heavy atom. The lowest BCUT2D eigenvalue weighted by molar-refractivity contribution is -0.274. The number of amides is 3. The summed E-state index contributed by atoms with van der Waals surface area (Å²) in [6, 6.07) is 15.7. The first kappa shape index (κ1) is 26.8. The van der Waals surface area contributed by atoms with Crippen LogP contribution in [-0.2, 0) is 14.8 Å².